The van der Waals surface area contributed by atoms with Crippen LogP contribution in [0.3, 0.4) is 0 Å². The summed E-state index contributed by atoms with van der Waals surface area (Å²) in [7, 11) is 0.193. The van der Waals surface area contributed by atoms with Crippen LogP contribution in [0.15, 0.2) is 34.2 Å². The quantitative estimate of drug-likeness (QED) is 0.151. The minimum atomic E-state index is -3.11. The monoisotopic (exact) mass is 532 g/mol. The number of rotatable bonds is 11. The first-order valence-electron chi connectivity index (χ1n) is 8.66. The van der Waals surface area contributed by atoms with Gasteiger partial charge in [0, 0.05) is 38.6 Å². The maximum atomic E-state index is 12.8. The summed E-state index contributed by atoms with van der Waals surface area (Å²) in [5.41, 5.74) is 0. The predicted molar refractivity (Wildman–Crippen MR) is 123 cm³/mol. The lowest BCUT2D eigenvalue weighted by Crippen LogP contribution is -2.39. The second-order valence-corrected chi connectivity index (χ2v) is 9.19. The molecule has 0 saturated heterocycles. The van der Waals surface area contributed by atoms with Crippen LogP contribution in [0.2, 0.25) is 0 Å². The van der Waals surface area contributed by atoms with E-state index in [1.807, 2.05) is 0 Å². The summed E-state index contributed by atoms with van der Waals surface area (Å²) < 4.78 is 37.5. The van der Waals surface area contributed by atoms with Gasteiger partial charge in [0.25, 0.3) is 0 Å². The molecule has 0 aliphatic heterocycles. The first kappa shape index (κ1) is 26.4. The van der Waals surface area contributed by atoms with Crippen LogP contribution >= 0.6 is 35.7 Å². The summed E-state index contributed by atoms with van der Waals surface area (Å²) in [5, 5.41) is 6.41. The van der Waals surface area contributed by atoms with Gasteiger partial charge in [-0.2, -0.15) is 0 Å². The summed E-state index contributed by atoms with van der Waals surface area (Å²) in [6.45, 7) is 3.55. The lowest BCUT2D eigenvalue weighted by molar-refractivity contribution is 0.461. The third kappa shape index (κ3) is 11.1. The number of halogens is 2. The standard InChI is InChI=1S/C17H29FN4O2S2.HI/c1-4-26(23,24)22(3)13-5-11-20-17(19-2)21-12-6-14-25-16-9-7-15(18)8-10-16;/h7-10H,4-6,11-14H2,1-3H3,(H2,19,20,21);1H. The summed E-state index contributed by atoms with van der Waals surface area (Å²) in [6, 6.07) is 6.50. The Balaban J connectivity index is 0.00000676. The van der Waals surface area contributed by atoms with Gasteiger partial charge in [0.1, 0.15) is 5.82 Å². The molecule has 0 fully saturated rings. The molecule has 1 aromatic carbocycles. The van der Waals surface area contributed by atoms with Crippen LogP contribution < -0.4 is 10.6 Å². The van der Waals surface area contributed by atoms with Gasteiger partial charge in [-0.05, 0) is 49.8 Å². The van der Waals surface area contributed by atoms with Crippen LogP contribution in [0.5, 0.6) is 0 Å². The van der Waals surface area contributed by atoms with Crippen molar-refractivity contribution in [1.29, 1.82) is 0 Å². The lowest BCUT2D eigenvalue weighted by atomic mass is 10.4. The van der Waals surface area contributed by atoms with E-state index in [1.54, 1.807) is 44.9 Å². The molecule has 6 nitrogen and oxygen atoms in total. The minimum Gasteiger partial charge on any atom is -0.356 e. The fourth-order valence-electron chi connectivity index (χ4n) is 2.09. The Morgan fingerprint density at radius 3 is 2.33 bits per heavy atom. The molecule has 0 unspecified atom stereocenters. The molecule has 0 amide bonds. The molecule has 0 saturated carbocycles. The Labute approximate surface area is 183 Å². The van der Waals surface area contributed by atoms with Gasteiger partial charge in [0.15, 0.2) is 5.96 Å². The molecule has 0 radical (unpaired) electrons. The fourth-order valence-corrected chi connectivity index (χ4v) is 3.79. The number of hydrogen-bond donors (Lipinski definition) is 2. The number of hydrogen-bond acceptors (Lipinski definition) is 4. The van der Waals surface area contributed by atoms with Crippen LogP contribution in [0.1, 0.15) is 19.8 Å². The number of benzene rings is 1. The van der Waals surface area contributed by atoms with E-state index < -0.39 is 10.0 Å². The van der Waals surface area contributed by atoms with Gasteiger partial charge in [-0.15, -0.1) is 35.7 Å². The molecule has 0 atom stereocenters. The maximum Gasteiger partial charge on any atom is 0.213 e. The minimum absolute atomic E-state index is 0. The fraction of sp³-hybridized carbons (Fsp3) is 0.588. The highest BCUT2D eigenvalue weighted by molar-refractivity contribution is 14.0. The summed E-state index contributed by atoms with van der Waals surface area (Å²) in [5.74, 6) is 1.54. The topological polar surface area (TPSA) is 73.8 Å². The molecule has 0 spiro atoms. The van der Waals surface area contributed by atoms with E-state index >= 15 is 0 Å². The van der Waals surface area contributed by atoms with Crippen LogP contribution in [0.4, 0.5) is 4.39 Å². The summed E-state index contributed by atoms with van der Waals surface area (Å²) >= 11 is 1.69. The van der Waals surface area contributed by atoms with Crippen molar-refractivity contribution in [1.82, 2.24) is 14.9 Å². The Morgan fingerprint density at radius 2 is 1.78 bits per heavy atom. The van der Waals surface area contributed by atoms with Crippen LogP contribution in [-0.4, -0.2) is 63.9 Å². The van der Waals surface area contributed by atoms with E-state index in [4.69, 9.17) is 0 Å². The molecule has 27 heavy (non-hydrogen) atoms. The average molecular weight is 532 g/mol. The Kier molecular flexibility index (Phi) is 14.1. The summed E-state index contributed by atoms with van der Waals surface area (Å²) in [4.78, 5) is 5.20. The van der Waals surface area contributed by atoms with E-state index in [1.165, 1.54) is 16.4 Å². The first-order chi connectivity index (χ1) is 12.4. The van der Waals surface area contributed by atoms with Crippen molar-refractivity contribution >= 4 is 51.7 Å². The smallest absolute Gasteiger partial charge is 0.213 e. The zero-order chi connectivity index (χ0) is 19.4. The van der Waals surface area contributed by atoms with E-state index in [0.29, 0.717) is 25.5 Å². The van der Waals surface area contributed by atoms with Crippen molar-refractivity contribution in [2.45, 2.75) is 24.7 Å². The van der Waals surface area contributed by atoms with E-state index in [2.05, 4.69) is 15.6 Å². The Bertz CT molecular complexity index is 657. The predicted octanol–water partition coefficient (Wildman–Crippen LogP) is 2.76. The highest BCUT2D eigenvalue weighted by Gasteiger charge is 2.13. The number of aliphatic imine (C=N–C) groups is 1. The van der Waals surface area contributed by atoms with Crippen LogP contribution in [0.25, 0.3) is 0 Å². The largest absolute Gasteiger partial charge is 0.356 e. The second kappa shape index (κ2) is 14.4. The molecule has 1 rings (SSSR count). The Hall–Kier alpha value is -0.590. The first-order valence-corrected chi connectivity index (χ1v) is 11.3. The third-order valence-electron chi connectivity index (χ3n) is 3.70. The number of thioether (sulfide) groups is 1. The molecule has 156 valence electrons. The normalized spacial score (nSPS) is 12.0. The number of nitrogens with one attached hydrogen (secondary N) is 2. The van der Waals surface area contributed by atoms with Crippen molar-refractivity contribution in [2.75, 3.05) is 45.2 Å². The average Bonchev–Trinajstić information content (AvgIpc) is 2.64. The molecular weight excluding hydrogens is 502 g/mol. The molecule has 10 heteroatoms. The molecule has 0 aromatic heterocycles. The van der Waals surface area contributed by atoms with Gasteiger partial charge in [0.05, 0.1) is 5.75 Å². The maximum absolute atomic E-state index is 12.8. The van der Waals surface area contributed by atoms with Gasteiger partial charge in [-0.3, -0.25) is 4.99 Å². The lowest BCUT2D eigenvalue weighted by Gasteiger charge is -2.16. The molecule has 1 aromatic rings. The zero-order valence-corrected chi connectivity index (χ0v) is 20.0. The van der Waals surface area contributed by atoms with Gasteiger partial charge in [-0.25, -0.2) is 17.1 Å². The van der Waals surface area contributed by atoms with E-state index in [9.17, 15) is 12.8 Å². The third-order valence-corrected chi connectivity index (χ3v) is 6.66. The zero-order valence-electron chi connectivity index (χ0n) is 16.1. The number of guanidine groups is 1. The van der Waals surface area contributed by atoms with E-state index in [-0.39, 0.29) is 35.5 Å². The van der Waals surface area contributed by atoms with Crippen molar-refractivity contribution in [3.8, 4) is 0 Å². The molecular formula is C17H30FIN4O2S2. The number of sulfonamides is 1. The summed E-state index contributed by atoms with van der Waals surface area (Å²) in [6.07, 6.45) is 1.65. The van der Waals surface area contributed by atoms with Crippen molar-refractivity contribution in [3.63, 3.8) is 0 Å². The number of nitrogens with zero attached hydrogens (tertiary/aromatic N) is 2. The SMILES string of the molecule is CCS(=O)(=O)N(C)CCCNC(=NC)NCCCSc1ccc(F)cc1.I. The van der Waals surface area contributed by atoms with E-state index in [0.717, 1.165) is 23.6 Å². The molecule has 0 heterocycles. The van der Waals surface area contributed by atoms with Crippen molar-refractivity contribution < 1.29 is 12.8 Å². The molecule has 0 bridgehead atoms. The second-order valence-electron chi connectivity index (χ2n) is 5.66. The van der Waals surface area contributed by atoms with Gasteiger partial charge in [-0.1, -0.05) is 0 Å². The van der Waals surface area contributed by atoms with Crippen molar-refractivity contribution in [2.24, 2.45) is 4.99 Å². The van der Waals surface area contributed by atoms with Gasteiger partial charge < -0.3 is 10.6 Å². The van der Waals surface area contributed by atoms with Gasteiger partial charge >= 0.3 is 0 Å². The van der Waals surface area contributed by atoms with Crippen LogP contribution in [0, 0.1) is 5.82 Å². The van der Waals surface area contributed by atoms with Crippen molar-refractivity contribution in [3.05, 3.63) is 30.1 Å². The molecule has 0 aliphatic carbocycles. The molecule has 0 aliphatic rings. The highest BCUT2D eigenvalue weighted by atomic mass is 127. The highest BCUT2D eigenvalue weighted by Crippen LogP contribution is 2.18. The Morgan fingerprint density at radius 1 is 1.19 bits per heavy atom. The van der Waals surface area contributed by atoms with Gasteiger partial charge in [0.2, 0.25) is 10.0 Å². The molecule has 2 N–H and O–H groups in total. The van der Waals surface area contributed by atoms with Crippen LogP contribution in [-0.2, 0) is 10.0 Å².